The van der Waals surface area contributed by atoms with Crippen LogP contribution in [-0.4, -0.2) is 42.1 Å². The molecule has 0 spiro atoms. The Kier molecular flexibility index (Phi) is 8.69. The van der Waals surface area contributed by atoms with E-state index in [1.54, 1.807) is 6.92 Å². The van der Waals surface area contributed by atoms with Crippen molar-refractivity contribution in [3.05, 3.63) is 0 Å². The van der Waals surface area contributed by atoms with Gasteiger partial charge in [0.05, 0.1) is 12.4 Å². The lowest BCUT2D eigenvalue weighted by atomic mass is 9.95. The van der Waals surface area contributed by atoms with Gasteiger partial charge in [0.1, 0.15) is 6.04 Å². The number of hydrogen-bond donors (Lipinski definition) is 2. The molecule has 0 aromatic rings. The molecular weight excluding hydrogens is 276 g/mol. The minimum atomic E-state index is -0.580. The summed E-state index contributed by atoms with van der Waals surface area (Å²) in [4.78, 5) is 23.0. The predicted molar refractivity (Wildman–Crippen MR) is 81.6 cm³/mol. The van der Waals surface area contributed by atoms with Crippen molar-refractivity contribution in [1.29, 1.82) is 0 Å². The molecule has 0 heterocycles. The second-order valence-corrected chi connectivity index (χ2v) is 6.21. The first kappa shape index (κ1) is 17.3. The molecule has 116 valence electrons. The van der Waals surface area contributed by atoms with Crippen molar-refractivity contribution in [2.75, 3.05) is 18.1 Å². The predicted octanol–water partition coefficient (Wildman–Crippen LogP) is 1.45. The molecule has 1 aliphatic carbocycles. The van der Waals surface area contributed by atoms with Crippen LogP contribution in [0.3, 0.4) is 0 Å². The van der Waals surface area contributed by atoms with Gasteiger partial charge in [-0.3, -0.25) is 9.59 Å². The molecule has 0 saturated heterocycles. The van der Waals surface area contributed by atoms with Gasteiger partial charge in [0, 0.05) is 6.04 Å². The minimum absolute atomic E-state index is 0.0895. The largest absolute Gasteiger partial charge is 0.465 e. The van der Waals surface area contributed by atoms with Crippen molar-refractivity contribution in [3.8, 4) is 0 Å². The first-order valence-corrected chi connectivity index (χ1v) is 8.58. The standard InChI is InChI=1S/C14H26N2O3S/c1-2-19-14(18)12(15)8-9-20-10-13(17)16-11-6-4-3-5-7-11/h11-12H,2-10,15H2,1H3,(H,16,17). The lowest BCUT2D eigenvalue weighted by molar-refractivity contribution is -0.144. The molecule has 6 heteroatoms. The van der Waals surface area contributed by atoms with Gasteiger partial charge in [-0.15, -0.1) is 0 Å². The Morgan fingerprint density at radius 3 is 2.70 bits per heavy atom. The molecule has 1 unspecified atom stereocenters. The van der Waals surface area contributed by atoms with Gasteiger partial charge in [0.2, 0.25) is 5.91 Å². The van der Waals surface area contributed by atoms with Crippen LogP contribution in [0.4, 0.5) is 0 Å². The highest BCUT2D eigenvalue weighted by molar-refractivity contribution is 7.99. The molecule has 20 heavy (non-hydrogen) atoms. The van der Waals surface area contributed by atoms with E-state index in [2.05, 4.69) is 5.32 Å². The van der Waals surface area contributed by atoms with Crippen LogP contribution in [-0.2, 0) is 14.3 Å². The highest BCUT2D eigenvalue weighted by atomic mass is 32.2. The van der Waals surface area contributed by atoms with E-state index in [0.717, 1.165) is 12.8 Å². The Bertz CT molecular complexity index is 307. The number of nitrogens with one attached hydrogen (secondary N) is 1. The van der Waals surface area contributed by atoms with Gasteiger partial charge in [-0.1, -0.05) is 19.3 Å². The number of thioether (sulfide) groups is 1. The summed E-state index contributed by atoms with van der Waals surface area (Å²) in [5, 5.41) is 3.07. The zero-order chi connectivity index (χ0) is 14.8. The van der Waals surface area contributed by atoms with E-state index < -0.39 is 6.04 Å². The summed E-state index contributed by atoms with van der Waals surface area (Å²) in [5.41, 5.74) is 5.68. The molecule has 1 aliphatic rings. The molecule has 0 aliphatic heterocycles. The quantitative estimate of drug-likeness (QED) is 0.524. The molecule has 1 amide bonds. The number of esters is 1. The zero-order valence-corrected chi connectivity index (χ0v) is 13.0. The molecule has 0 aromatic carbocycles. The van der Waals surface area contributed by atoms with Crippen molar-refractivity contribution in [2.45, 2.75) is 57.5 Å². The third-order valence-electron chi connectivity index (χ3n) is 3.37. The van der Waals surface area contributed by atoms with E-state index in [-0.39, 0.29) is 11.9 Å². The van der Waals surface area contributed by atoms with E-state index >= 15 is 0 Å². The molecule has 1 rings (SSSR count). The van der Waals surface area contributed by atoms with E-state index in [1.807, 2.05) is 0 Å². The van der Waals surface area contributed by atoms with Crippen molar-refractivity contribution in [3.63, 3.8) is 0 Å². The van der Waals surface area contributed by atoms with Crippen LogP contribution in [0, 0.1) is 0 Å². The SMILES string of the molecule is CCOC(=O)C(N)CCSCC(=O)NC1CCCCC1. The summed E-state index contributed by atoms with van der Waals surface area (Å²) in [6, 6.07) is -0.220. The number of hydrogen-bond acceptors (Lipinski definition) is 5. The second kappa shape index (κ2) is 10.0. The maximum Gasteiger partial charge on any atom is 0.322 e. The monoisotopic (exact) mass is 302 g/mol. The number of carbonyl (C=O) groups is 2. The van der Waals surface area contributed by atoms with Crippen molar-refractivity contribution in [2.24, 2.45) is 5.73 Å². The Labute approximate surface area is 125 Å². The number of nitrogens with two attached hydrogens (primary N) is 1. The average Bonchev–Trinajstić information content (AvgIpc) is 2.44. The lowest BCUT2D eigenvalue weighted by Crippen LogP contribution is -2.37. The second-order valence-electron chi connectivity index (χ2n) is 5.10. The highest BCUT2D eigenvalue weighted by Gasteiger charge is 2.16. The Hall–Kier alpha value is -0.750. The number of carbonyl (C=O) groups excluding carboxylic acids is 2. The fourth-order valence-corrected chi connectivity index (χ4v) is 3.09. The van der Waals surface area contributed by atoms with Crippen molar-refractivity contribution in [1.82, 2.24) is 5.32 Å². The third-order valence-corrected chi connectivity index (χ3v) is 4.36. The van der Waals surface area contributed by atoms with Crippen LogP contribution >= 0.6 is 11.8 Å². The summed E-state index contributed by atoms with van der Waals surface area (Å²) in [6.07, 6.45) is 6.46. The Morgan fingerprint density at radius 1 is 1.35 bits per heavy atom. The summed E-state index contributed by atoms with van der Waals surface area (Å²) in [7, 11) is 0. The molecule has 1 atom stereocenters. The van der Waals surface area contributed by atoms with Gasteiger partial charge in [0.15, 0.2) is 0 Å². The van der Waals surface area contributed by atoms with Gasteiger partial charge in [-0.2, -0.15) is 11.8 Å². The molecule has 5 nitrogen and oxygen atoms in total. The lowest BCUT2D eigenvalue weighted by Gasteiger charge is -2.22. The zero-order valence-electron chi connectivity index (χ0n) is 12.2. The van der Waals surface area contributed by atoms with Gasteiger partial charge in [0.25, 0.3) is 0 Å². The number of amides is 1. The van der Waals surface area contributed by atoms with Crippen LogP contribution in [0.25, 0.3) is 0 Å². The van der Waals surface area contributed by atoms with E-state index in [1.165, 1.54) is 31.0 Å². The van der Waals surface area contributed by atoms with E-state index in [9.17, 15) is 9.59 Å². The molecular formula is C14H26N2O3S. The Balaban J connectivity index is 2.05. The van der Waals surface area contributed by atoms with Gasteiger partial charge >= 0.3 is 5.97 Å². The summed E-state index contributed by atoms with van der Waals surface area (Å²) >= 11 is 1.51. The maximum atomic E-state index is 11.7. The molecule has 1 saturated carbocycles. The average molecular weight is 302 g/mol. The van der Waals surface area contributed by atoms with Crippen LogP contribution in [0.1, 0.15) is 45.4 Å². The summed E-state index contributed by atoms with van der Waals surface area (Å²) in [6.45, 7) is 2.11. The molecule has 3 N–H and O–H groups in total. The van der Waals surface area contributed by atoms with Gasteiger partial charge < -0.3 is 15.8 Å². The van der Waals surface area contributed by atoms with Crippen LogP contribution < -0.4 is 11.1 Å². The minimum Gasteiger partial charge on any atom is -0.465 e. The summed E-state index contributed by atoms with van der Waals surface area (Å²) in [5.74, 6) is 0.857. The van der Waals surface area contributed by atoms with Crippen LogP contribution in [0.5, 0.6) is 0 Å². The Morgan fingerprint density at radius 2 is 2.05 bits per heavy atom. The topological polar surface area (TPSA) is 81.4 Å². The maximum absolute atomic E-state index is 11.7. The first-order chi connectivity index (χ1) is 9.63. The van der Waals surface area contributed by atoms with E-state index in [4.69, 9.17) is 10.5 Å². The number of rotatable bonds is 8. The molecule has 0 bridgehead atoms. The highest BCUT2D eigenvalue weighted by Crippen LogP contribution is 2.17. The molecule has 0 radical (unpaired) electrons. The fraction of sp³-hybridized carbons (Fsp3) is 0.857. The van der Waals surface area contributed by atoms with E-state index in [0.29, 0.717) is 30.6 Å². The fourth-order valence-electron chi connectivity index (χ4n) is 2.26. The van der Waals surface area contributed by atoms with Crippen LogP contribution in [0.15, 0.2) is 0 Å². The van der Waals surface area contributed by atoms with Gasteiger partial charge in [-0.05, 0) is 31.9 Å². The van der Waals surface area contributed by atoms with Gasteiger partial charge in [-0.25, -0.2) is 0 Å². The normalized spacial score (nSPS) is 17.5. The smallest absolute Gasteiger partial charge is 0.322 e. The summed E-state index contributed by atoms with van der Waals surface area (Å²) < 4.78 is 4.83. The van der Waals surface area contributed by atoms with Crippen molar-refractivity contribution < 1.29 is 14.3 Å². The molecule has 1 fully saturated rings. The first-order valence-electron chi connectivity index (χ1n) is 7.42. The third kappa shape index (κ3) is 7.14. The van der Waals surface area contributed by atoms with Crippen molar-refractivity contribution >= 4 is 23.6 Å². The molecule has 0 aromatic heterocycles. The number of ether oxygens (including phenoxy) is 1. The van der Waals surface area contributed by atoms with Crippen LogP contribution in [0.2, 0.25) is 0 Å².